The predicted molar refractivity (Wildman–Crippen MR) is 111 cm³/mol. The number of halogens is 1. The van der Waals surface area contributed by atoms with Crippen LogP contribution in [0, 0.1) is 0 Å². The molecular weight excluding hydrogens is 432 g/mol. The van der Waals surface area contributed by atoms with Gasteiger partial charge < -0.3 is 4.74 Å². The van der Waals surface area contributed by atoms with Gasteiger partial charge in [-0.1, -0.05) is 60.1 Å². The van der Waals surface area contributed by atoms with E-state index in [1.165, 1.54) is 10.4 Å². The second-order valence-corrected chi connectivity index (χ2v) is 7.96. The molecule has 0 spiro atoms. The van der Waals surface area contributed by atoms with Crippen molar-refractivity contribution in [2.24, 2.45) is 0 Å². The second-order valence-electron chi connectivity index (χ2n) is 5.73. The van der Waals surface area contributed by atoms with Crippen LogP contribution in [0.2, 0.25) is 0 Å². The fraction of sp³-hybridized carbons (Fsp3) is 0.316. The van der Waals surface area contributed by atoms with E-state index >= 15 is 0 Å². The van der Waals surface area contributed by atoms with Crippen molar-refractivity contribution in [2.75, 3.05) is 23.1 Å². The highest BCUT2D eigenvalue weighted by molar-refractivity contribution is 9.09. The lowest BCUT2D eigenvalue weighted by Crippen LogP contribution is -2.35. The first-order valence-corrected chi connectivity index (χ1v) is 11.1. The SMILES string of the molecule is CCN(CC)S(=O)(=O)Nc1cc(C(=O)CBr)ccc1OCc1ccccc1. The number of ether oxygens (including phenoxy) is 1. The summed E-state index contributed by atoms with van der Waals surface area (Å²) in [7, 11) is -3.75. The van der Waals surface area contributed by atoms with Crippen LogP contribution in [0.4, 0.5) is 5.69 Å². The highest BCUT2D eigenvalue weighted by Crippen LogP contribution is 2.29. The van der Waals surface area contributed by atoms with Gasteiger partial charge in [0.15, 0.2) is 5.78 Å². The number of benzene rings is 2. The minimum absolute atomic E-state index is 0.145. The highest BCUT2D eigenvalue weighted by Gasteiger charge is 2.21. The molecule has 0 aliphatic rings. The largest absolute Gasteiger partial charge is 0.487 e. The highest BCUT2D eigenvalue weighted by atomic mass is 79.9. The van der Waals surface area contributed by atoms with Gasteiger partial charge in [-0.2, -0.15) is 12.7 Å². The van der Waals surface area contributed by atoms with E-state index in [2.05, 4.69) is 20.7 Å². The fourth-order valence-electron chi connectivity index (χ4n) is 2.49. The van der Waals surface area contributed by atoms with Crippen LogP contribution < -0.4 is 9.46 Å². The maximum atomic E-state index is 12.6. The molecule has 0 aliphatic heterocycles. The van der Waals surface area contributed by atoms with E-state index in [4.69, 9.17) is 4.74 Å². The van der Waals surface area contributed by atoms with Crippen molar-refractivity contribution >= 4 is 37.6 Å². The molecule has 146 valence electrons. The monoisotopic (exact) mass is 454 g/mol. The Labute approximate surface area is 168 Å². The number of nitrogens with one attached hydrogen (secondary N) is 1. The van der Waals surface area contributed by atoms with Crippen LogP contribution in [0.15, 0.2) is 48.5 Å². The first kappa shape index (κ1) is 21.4. The lowest BCUT2D eigenvalue weighted by Gasteiger charge is -2.21. The molecule has 0 heterocycles. The van der Waals surface area contributed by atoms with Crippen molar-refractivity contribution in [1.82, 2.24) is 4.31 Å². The summed E-state index contributed by atoms with van der Waals surface area (Å²) in [5.41, 5.74) is 1.59. The van der Waals surface area contributed by atoms with Crippen molar-refractivity contribution in [1.29, 1.82) is 0 Å². The van der Waals surface area contributed by atoms with Crippen molar-refractivity contribution in [3.05, 3.63) is 59.7 Å². The summed E-state index contributed by atoms with van der Waals surface area (Å²) in [6.07, 6.45) is 0. The average Bonchev–Trinajstić information content (AvgIpc) is 2.67. The van der Waals surface area contributed by atoms with Crippen LogP contribution in [-0.2, 0) is 16.8 Å². The number of alkyl halides is 1. The first-order chi connectivity index (χ1) is 12.9. The number of hydrogen-bond donors (Lipinski definition) is 1. The van der Waals surface area contributed by atoms with Gasteiger partial charge in [0.1, 0.15) is 12.4 Å². The molecule has 0 aromatic heterocycles. The lowest BCUT2D eigenvalue weighted by atomic mass is 10.1. The molecule has 0 bridgehead atoms. The summed E-state index contributed by atoms with van der Waals surface area (Å²) in [5.74, 6) is 0.216. The number of ketones is 1. The van der Waals surface area contributed by atoms with E-state index in [0.717, 1.165) is 5.56 Å². The molecule has 6 nitrogen and oxygen atoms in total. The Morgan fingerprint density at radius 3 is 2.37 bits per heavy atom. The second kappa shape index (κ2) is 9.87. The molecule has 27 heavy (non-hydrogen) atoms. The number of rotatable bonds is 10. The third-order valence-electron chi connectivity index (χ3n) is 3.94. The van der Waals surface area contributed by atoms with E-state index in [-0.39, 0.29) is 23.4 Å². The summed E-state index contributed by atoms with van der Waals surface area (Å²) in [5, 5.41) is 0.152. The molecule has 2 rings (SSSR count). The van der Waals surface area contributed by atoms with Gasteiger partial charge in [0.25, 0.3) is 0 Å². The van der Waals surface area contributed by atoms with Gasteiger partial charge >= 0.3 is 10.2 Å². The molecule has 0 saturated heterocycles. The maximum Gasteiger partial charge on any atom is 0.301 e. The molecule has 2 aromatic carbocycles. The summed E-state index contributed by atoms with van der Waals surface area (Å²) in [4.78, 5) is 12.0. The summed E-state index contributed by atoms with van der Waals surface area (Å²) in [6.45, 7) is 4.49. The third-order valence-corrected chi connectivity index (χ3v) is 6.13. The Bertz CT molecular complexity index is 869. The van der Waals surface area contributed by atoms with Crippen LogP contribution in [0.3, 0.4) is 0 Å². The number of nitrogens with zero attached hydrogens (tertiary/aromatic N) is 1. The third kappa shape index (κ3) is 5.79. The van der Waals surface area contributed by atoms with Crippen LogP contribution in [0.25, 0.3) is 0 Å². The molecule has 0 unspecified atom stereocenters. The molecule has 2 aromatic rings. The van der Waals surface area contributed by atoms with Gasteiger partial charge in [-0.15, -0.1) is 0 Å². The summed E-state index contributed by atoms with van der Waals surface area (Å²) in [6, 6.07) is 14.3. The van der Waals surface area contributed by atoms with E-state index < -0.39 is 10.2 Å². The van der Waals surface area contributed by atoms with E-state index in [1.54, 1.807) is 26.0 Å². The molecule has 8 heteroatoms. The van der Waals surface area contributed by atoms with Gasteiger partial charge in [0.2, 0.25) is 0 Å². The zero-order valence-electron chi connectivity index (χ0n) is 15.3. The predicted octanol–water partition coefficient (Wildman–Crippen LogP) is 3.84. The van der Waals surface area contributed by atoms with Gasteiger partial charge in [0.05, 0.1) is 11.0 Å². The Kier molecular flexibility index (Phi) is 7.82. The summed E-state index contributed by atoms with van der Waals surface area (Å²) >= 11 is 3.14. The number of carbonyl (C=O) groups is 1. The molecule has 0 saturated carbocycles. The number of Topliss-reactive ketones (excluding diaryl/α,β-unsaturated/α-hetero) is 1. The van der Waals surface area contributed by atoms with Crippen LogP contribution in [-0.4, -0.2) is 36.9 Å². The standard InChI is InChI=1S/C19H23BrN2O4S/c1-3-22(4-2)27(24,25)21-17-12-16(18(23)13-20)10-11-19(17)26-14-15-8-6-5-7-9-15/h5-12,21H,3-4,13-14H2,1-2H3. The smallest absolute Gasteiger partial charge is 0.301 e. The van der Waals surface area contributed by atoms with Crippen molar-refractivity contribution in [2.45, 2.75) is 20.5 Å². The molecular formula is C19H23BrN2O4S. The zero-order valence-corrected chi connectivity index (χ0v) is 17.7. The molecule has 0 amide bonds. The average molecular weight is 455 g/mol. The quantitative estimate of drug-likeness (QED) is 0.436. The van der Waals surface area contributed by atoms with Crippen LogP contribution in [0.5, 0.6) is 5.75 Å². The molecule has 1 N–H and O–H groups in total. The fourth-order valence-corrected chi connectivity index (χ4v) is 4.06. The van der Waals surface area contributed by atoms with E-state index in [1.807, 2.05) is 30.3 Å². The Morgan fingerprint density at radius 2 is 1.78 bits per heavy atom. The van der Waals surface area contributed by atoms with Crippen molar-refractivity contribution in [3.63, 3.8) is 0 Å². The van der Waals surface area contributed by atoms with Crippen LogP contribution in [0.1, 0.15) is 29.8 Å². The Balaban J connectivity index is 2.33. The van der Waals surface area contributed by atoms with Crippen LogP contribution >= 0.6 is 15.9 Å². The van der Waals surface area contributed by atoms with E-state index in [9.17, 15) is 13.2 Å². The number of hydrogen-bond acceptors (Lipinski definition) is 4. The molecule has 0 atom stereocenters. The Morgan fingerprint density at radius 1 is 1.11 bits per heavy atom. The van der Waals surface area contributed by atoms with E-state index in [0.29, 0.717) is 24.4 Å². The van der Waals surface area contributed by atoms with Crippen molar-refractivity contribution in [3.8, 4) is 5.75 Å². The van der Waals surface area contributed by atoms with Gasteiger partial charge in [-0.3, -0.25) is 9.52 Å². The molecule has 0 radical (unpaired) electrons. The number of anilines is 1. The molecule has 0 aliphatic carbocycles. The van der Waals surface area contributed by atoms with Gasteiger partial charge in [-0.25, -0.2) is 0 Å². The van der Waals surface area contributed by atoms with Crippen molar-refractivity contribution < 1.29 is 17.9 Å². The van der Waals surface area contributed by atoms with Gasteiger partial charge in [0, 0.05) is 18.7 Å². The Hall–Kier alpha value is -1.90. The molecule has 0 fully saturated rings. The summed E-state index contributed by atoms with van der Waals surface area (Å²) < 4.78 is 34.9. The topological polar surface area (TPSA) is 75.7 Å². The normalized spacial score (nSPS) is 11.4. The zero-order chi connectivity index (χ0) is 19.9. The minimum Gasteiger partial charge on any atom is -0.487 e. The lowest BCUT2D eigenvalue weighted by molar-refractivity contribution is 0.102. The first-order valence-electron chi connectivity index (χ1n) is 8.59. The minimum atomic E-state index is -3.75. The number of carbonyl (C=O) groups excluding carboxylic acids is 1. The maximum absolute atomic E-state index is 12.6. The van der Waals surface area contributed by atoms with Gasteiger partial charge in [-0.05, 0) is 23.8 Å².